The van der Waals surface area contributed by atoms with Crippen molar-refractivity contribution < 1.29 is 19.2 Å². The van der Waals surface area contributed by atoms with Gasteiger partial charge in [-0.1, -0.05) is 6.07 Å². The minimum absolute atomic E-state index is 0.101. The number of amides is 4. The Morgan fingerprint density at radius 3 is 2.93 bits per heavy atom. The second-order valence-electron chi connectivity index (χ2n) is 7.26. The monoisotopic (exact) mass is 422 g/mol. The van der Waals surface area contributed by atoms with E-state index < -0.39 is 12.1 Å². The number of carbonyl (C=O) groups is 4. The van der Waals surface area contributed by atoms with E-state index in [9.17, 15) is 19.2 Å². The van der Waals surface area contributed by atoms with Crippen molar-refractivity contribution in [2.24, 2.45) is 0 Å². The molecule has 0 unspecified atom stereocenters. The molecule has 3 aliphatic heterocycles. The molecular weight excluding hydrogens is 400 g/mol. The Kier molecular flexibility index (Phi) is 5.33. The first-order valence-electron chi connectivity index (χ1n) is 9.23. The maximum atomic E-state index is 13.3. The summed E-state index contributed by atoms with van der Waals surface area (Å²) in [5.41, 5.74) is 0. The second kappa shape index (κ2) is 7.75. The van der Waals surface area contributed by atoms with Gasteiger partial charge in [0.25, 0.3) is 5.91 Å². The fourth-order valence-corrected chi connectivity index (χ4v) is 5.32. The third-order valence-electron chi connectivity index (χ3n) is 5.50. The van der Waals surface area contributed by atoms with Gasteiger partial charge in [-0.3, -0.25) is 19.2 Å². The normalized spacial score (nSPS) is 29.2. The number of likely N-dealkylation sites (tertiary alicyclic amines) is 1. The number of nitrogens with zero attached hydrogens (tertiary/aromatic N) is 2. The molecule has 0 bridgehead atoms. The van der Waals surface area contributed by atoms with Gasteiger partial charge < -0.3 is 20.4 Å². The quantitative estimate of drug-likeness (QED) is 0.707. The predicted octanol–water partition coefficient (Wildman–Crippen LogP) is -0.0903. The molecule has 4 heterocycles. The van der Waals surface area contributed by atoms with Crippen LogP contribution in [0.5, 0.6) is 0 Å². The fourth-order valence-electron chi connectivity index (χ4n) is 4.30. The first-order chi connectivity index (χ1) is 13.5. The summed E-state index contributed by atoms with van der Waals surface area (Å²) < 4.78 is 0. The summed E-state index contributed by atoms with van der Waals surface area (Å²) in [5, 5.41) is 7.69. The molecule has 0 aliphatic carbocycles. The third kappa shape index (κ3) is 3.39. The molecule has 3 fully saturated rings. The van der Waals surface area contributed by atoms with Gasteiger partial charge in [-0.05, 0) is 30.5 Å². The second-order valence-corrected chi connectivity index (χ2v) is 9.08. The molecule has 0 saturated carbocycles. The fraction of sp³-hybridized carbons (Fsp3) is 0.556. The Morgan fingerprint density at radius 2 is 2.21 bits per heavy atom. The lowest BCUT2D eigenvalue weighted by Gasteiger charge is -2.29. The van der Waals surface area contributed by atoms with Crippen molar-refractivity contribution in [3.8, 4) is 0 Å². The molecule has 1 aromatic rings. The van der Waals surface area contributed by atoms with Gasteiger partial charge in [-0.25, -0.2) is 0 Å². The van der Waals surface area contributed by atoms with Crippen LogP contribution in [0.2, 0.25) is 0 Å². The maximum Gasteiger partial charge on any atom is 0.264 e. The molecule has 0 spiro atoms. The van der Waals surface area contributed by atoms with Crippen LogP contribution in [0.15, 0.2) is 17.5 Å². The summed E-state index contributed by atoms with van der Waals surface area (Å²) in [6.07, 6.45) is 2.81. The zero-order valence-corrected chi connectivity index (χ0v) is 17.1. The highest BCUT2D eigenvalue weighted by Gasteiger charge is 2.52. The molecule has 4 rings (SSSR count). The number of carbonyl (C=O) groups excluding carboxylic acids is 4. The summed E-state index contributed by atoms with van der Waals surface area (Å²) in [7, 11) is 0. The van der Waals surface area contributed by atoms with Gasteiger partial charge >= 0.3 is 0 Å². The van der Waals surface area contributed by atoms with E-state index in [0.29, 0.717) is 36.6 Å². The maximum absolute atomic E-state index is 13.3. The van der Waals surface area contributed by atoms with Gasteiger partial charge in [-0.15, -0.1) is 11.3 Å². The average Bonchev–Trinajstić information content (AvgIpc) is 3.39. The lowest BCUT2D eigenvalue weighted by Crippen LogP contribution is -2.52. The molecule has 1 aromatic heterocycles. The molecule has 4 amide bonds. The summed E-state index contributed by atoms with van der Waals surface area (Å²) >= 11 is 2.77. The van der Waals surface area contributed by atoms with Crippen molar-refractivity contribution in [3.05, 3.63) is 22.4 Å². The van der Waals surface area contributed by atoms with Crippen molar-refractivity contribution in [3.63, 3.8) is 0 Å². The summed E-state index contributed by atoms with van der Waals surface area (Å²) in [6.45, 7) is 0.728. The van der Waals surface area contributed by atoms with E-state index >= 15 is 0 Å². The number of thioether (sulfide) groups is 1. The first-order valence-corrected chi connectivity index (χ1v) is 11.5. The number of nitrogens with one attached hydrogen (secondary N) is 2. The Labute approximate surface area is 171 Å². The molecule has 3 saturated heterocycles. The van der Waals surface area contributed by atoms with E-state index in [2.05, 4.69) is 10.6 Å². The van der Waals surface area contributed by atoms with Crippen molar-refractivity contribution in [2.75, 3.05) is 25.1 Å². The largest absolute Gasteiger partial charge is 0.351 e. The van der Waals surface area contributed by atoms with Crippen LogP contribution in [0.25, 0.3) is 0 Å². The van der Waals surface area contributed by atoms with E-state index in [1.165, 1.54) is 23.1 Å². The van der Waals surface area contributed by atoms with Crippen LogP contribution in [0.1, 0.15) is 22.5 Å². The zero-order chi connectivity index (χ0) is 19.8. The van der Waals surface area contributed by atoms with E-state index in [0.717, 1.165) is 0 Å². The van der Waals surface area contributed by atoms with Gasteiger partial charge in [0, 0.05) is 19.1 Å². The molecule has 150 valence electrons. The Morgan fingerprint density at radius 1 is 1.39 bits per heavy atom. The van der Waals surface area contributed by atoms with Crippen molar-refractivity contribution >= 4 is 46.7 Å². The molecule has 8 nitrogen and oxygen atoms in total. The number of fused-ring (bicyclic) bond motifs is 2. The lowest BCUT2D eigenvalue weighted by molar-refractivity contribution is -0.138. The minimum Gasteiger partial charge on any atom is -0.351 e. The smallest absolute Gasteiger partial charge is 0.264 e. The van der Waals surface area contributed by atoms with Crippen LogP contribution in [0.4, 0.5) is 0 Å². The van der Waals surface area contributed by atoms with E-state index in [1.807, 2.05) is 11.6 Å². The SMILES string of the molecule is CSCC(=O)N[C@@H]1C[C@H]2C(=O)N[C@@H]3CCN(C(=O)c4cccs4)[C@@H]3C(=O)N2C1. The molecule has 10 heteroatoms. The highest BCUT2D eigenvalue weighted by molar-refractivity contribution is 7.99. The predicted molar refractivity (Wildman–Crippen MR) is 106 cm³/mol. The van der Waals surface area contributed by atoms with Crippen LogP contribution >= 0.6 is 23.1 Å². The first kappa shape index (κ1) is 19.3. The molecular formula is C18H22N4O4S2. The standard InChI is InChI=1S/C18H22N4O4S2/c1-27-9-14(23)19-10-7-12-16(24)20-11-4-5-21(15(11)18(26)22(12)8-10)17(25)13-3-2-6-28-13/h2-3,6,10-12,15H,4-5,7-9H2,1H3,(H,19,23)(H,20,24)/t10-,11-,12+,15+/m1/s1. The van der Waals surface area contributed by atoms with Gasteiger partial charge in [0.2, 0.25) is 17.7 Å². The summed E-state index contributed by atoms with van der Waals surface area (Å²) in [5.74, 6) is -0.344. The topological polar surface area (TPSA) is 98.8 Å². The molecule has 28 heavy (non-hydrogen) atoms. The lowest BCUT2D eigenvalue weighted by atomic mass is 10.1. The van der Waals surface area contributed by atoms with Gasteiger partial charge in [0.05, 0.1) is 16.7 Å². The van der Waals surface area contributed by atoms with Gasteiger partial charge in [0.1, 0.15) is 12.1 Å². The summed E-state index contributed by atoms with van der Waals surface area (Å²) in [4.78, 5) is 54.5. The zero-order valence-electron chi connectivity index (χ0n) is 15.4. The highest BCUT2D eigenvalue weighted by atomic mass is 32.2. The van der Waals surface area contributed by atoms with Crippen LogP contribution in [0.3, 0.4) is 0 Å². The molecule has 4 atom stereocenters. The third-order valence-corrected chi connectivity index (χ3v) is 6.91. The molecule has 3 aliphatic rings. The molecule has 2 N–H and O–H groups in total. The van der Waals surface area contributed by atoms with Crippen LogP contribution < -0.4 is 10.6 Å². The van der Waals surface area contributed by atoms with Gasteiger partial charge in [0.15, 0.2) is 0 Å². The van der Waals surface area contributed by atoms with Crippen LogP contribution in [-0.4, -0.2) is 82.7 Å². The number of hydrogen-bond acceptors (Lipinski definition) is 6. The number of hydrogen-bond donors (Lipinski definition) is 2. The number of thiophene rings is 1. The van der Waals surface area contributed by atoms with Crippen molar-refractivity contribution in [2.45, 2.75) is 37.0 Å². The van der Waals surface area contributed by atoms with Gasteiger partial charge in [-0.2, -0.15) is 11.8 Å². The average molecular weight is 423 g/mol. The molecule has 0 aromatic carbocycles. The van der Waals surface area contributed by atoms with E-state index in [1.54, 1.807) is 21.9 Å². The highest BCUT2D eigenvalue weighted by Crippen LogP contribution is 2.30. The van der Waals surface area contributed by atoms with E-state index in [4.69, 9.17) is 0 Å². The Bertz CT molecular complexity index is 800. The molecule has 0 radical (unpaired) electrons. The van der Waals surface area contributed by atoms with E-state index in [-0.39, 0.29) is 35.7 Å². The van der Waals surface area contributed by atoms with Crippen molar-refractivity contribution in [1.82, 2.24) is 20.4 Å². The van der Waals surface area contributed by atoms with Crippen LogP contribution in [-0.2, 0) is 14.4 Å². The van der Waals surface area contributed by atoms with Crippen molar-refractivity contribution in [1.29, 1.82) is 0 Å². The summed E-state index contributed by atoms with van der Waals surface area (Å²) in [6, 6.07) is 1.65. The number of rotatable bonds is 4. The Hall–Kier alpha value is -2.07. The minimum atomic E-state index is -0.691. The van der Waals surface area contributed by atoms with Crippen LogP contribution in [0, 0.1) is 0 Å². The Balaban J connectivity index is 1.54.